The molecule has 1 nitrogen and oxygen atoms in total. The van der Waals surface area contributed by atoms with Crippen molar-refractivity contribution in [1.82, 2.24) is 0 Å². The van der Waals surface area contributed by atoms with E-state index in [0.29, 0.717) is 0 Å². The van der Waals surface area contributed by atoms with Gasteiger partial charge in [-0.2, -0.15) is 0 Å². The number of hydrogen-bond acceptors (Lipinski definition) is 2. The summed E-state index contributed by atoms with van der Waals surface area (Å²) in [4.78, 5) is 0. The summed E-state index contributed by atoms with van der Waals surface area (Å²) in [5.41, 5.74) is 1.37. The first-order valence-electron chi connectivity index (χ1n) is 4.56. The third-order valence-corrected chi connectivity index (χ3v) is 2.45. The van der Waals surface area contributed by atoms with Crippen LogP contribution >= 0.6 is 11.3 Å². The van der Waals surface area contributed by atoms with Crippen molar-refractivity contribution in [3.8, 4) is 5.75 Å². The predicted molar refractivity (Wildman–Crippen MR) is 54.1 cm³/mol. The van der Waals surface area contributed by atoms with Gasteiger partial charge in [-0.3, -0.25) is 0 Å². The number of rotatable bonds is 5. The van der Waals surface area contributed by atoms with Gasteiger partial charge in [0.1, 0.15) is 5.75 Å². The van der Waals surface area contributed by atoms with Crippen LogP contribution in [-0.4, -0.2) is 6.61 Å². The molecule has 0 bridgehead atoms. The van der Waals surface area contributed by atoms with Crippen LogP contribution in [0, 0.1) is 0 Å². The molecule has 0 amide bonds. The molecule has 0 spiro atoms. The van der Waals surface area contributed by atoms with E-state index in [1.807, 2.05) is 0 Å². The van der Waals surface area contributed by atoms with Crippen molar-refractivity contribution >= 4 is 11.3 Å². The van der Waals surface area contributed by atoms with Gasteiger partial charge in [0.15, 0.2) is 0 Å². The molecule has 0 saturated carbocycles. The maximum absolute atomic E-state index is 5.59. The van der Waals surface area contributed by atoms with E-state index in [2.05, 4.69) is 24.6 Å². The minimum absolute atomic E-state index is 0.841. The smallest absolute Gasteiger partial charge is 0.133 e. The summed E-state index contributed by atoms with van der Waals surface area (Å²) in [6.07, 6.45) is 3.42. The number of thiophene rings is 1. The van der Waals surface area contributed by atoms with E-state index in [-0.39, 0.29) is 0 Å². The molecule has 0 N–H and O–H groups in total. The highest BCUT2D eigenvalue weighted by molar-refractivity contribution is 7.08. The van der Waals surface area contributed by atoms with Crippen LogP contribution in [0.15, 0.2) is 10.8 Å². The molecule has 68 valence electrons. The number of aryl methyl sites for hydroxylation is 1. The molecule has 0 unspecified atom stereocenters. The van der Waals surface area contributed by atoms with E-state index in [4.69, 9.17) is 4.74 Å². The summed E-state index contributed by atoms with van der Waals surface area (Å²) in [5, 5.41) is 4.29. The zero-order valence-corrected chi connectivity index (χ0v) is 8.62. The Labute approximate surface area is 78.4 Å². The summed E-state index contributed by atoms with van der Waals surface area (Å²) >= 11 is 1.73. The molecule has 2 heteroatoms. The molecule has 1 aromatic heterocycles. The van der Waals surface area contributed by atoms with Gasteiger partial charge in [0.2, 0.25) is 0 Å². The molecular formula is C10H16OS. The Morgan fingerprint density at radius 3 is 2.75 bits per heavy atom. The van der Waals surface area contributed by atoms with Crippen molar-refractivity contribution in [3.63, 3.8) is 0 Å². The zero-order valence-electron chi connectivity index (χ0n) is 7.80. The SMILES string of the molecule is CCCOc1cscc1CCC. The van der Waals surface area contributed by atoms with Gasteiger partial charge in [-0.1, -0.05) is 20.3 Å². The van der Waals surface area contributed by atoms with Gasteiger partial charge >= 0.3 is 0 Å². The number of ether oxygens (including phenoxy) is 1. The van der Waals surface area contributed by atoms with Crippen LogP contribution in [-0.2, 0) is 6.42 Å². The minimum Gasteiger partial charge on any atom is -0.492 e. The van der Waals surface area contributed by atoms with Crippen LogP contribution in [0.3, 0.4) is 0 Å². The Bertz CT molecular complexity index is 217. The fourth-order valence-electron chi connectivity index (χ4n) is 1.10. The number of hydrogen-bond donors (Lipinski definition) is 0. The molecule has 0 radical (unpaired) electrons. The van der Waals surface area contributed by atoms with Crippen molar-refractivity contribution in [2.24, 2.45) is 0 Å². The molecule has 1 rings (SSSR count). The van der Waals surface area contributed by atoms with Crippen molar-refractivity contribution in [1.29, 1.82) is 0 Å². The molecule has 0 fully saturated rings. The van der Waals surface area contributed by atoms with E-state index in [1.54, 1.807) is 11.3 Å². The predicted octanol–water partition coefficient (Wildman–Crippen LogP) is 3.49. The van der Waals surface area contributed by atoms with Crippen molar-refractivity contribution < 1.29 is 4.74 Å². The summed E-state index contributed by atoms with van der Waals surface area (Å²) < 4.78 is 5.59. The van der Waals surface area contributed by atoms with E-state index < -0.39 is 0 Å². The van der Waals surface area contributed by atoms with Crippen molar-refractivity contribution in [3.05, 3.63) is 16.3 Å². The second kappa shape index (κ2) is 5.20. The highest BCUT2D eigenvalue weighted by atomic mass is 32.1. The zero-order chi connectivity index (χ0) is 8.81. The van der Waals surface area contributed by atoms with Crippen LogP contribution in [0.5, 0.6) is 5.75 Å². The molecule has 1 heterocycles. The monoisotopic (exact) mass is 184 g/mol. The molecule has 12 heavy (non-hydrogen) atoms. The fraction of sp³-hybridized carbons (Fsp3) is 0.600. The van der Waals surface area contributed by atoms with Crippen LogP contribution in [0.25, 0.3) is 0 Å². The average Bonchev–Trinajstić information content (AvgIpc) is 2.50. The summed E-state index contributed by atoms with van der Waals surface area (Å²) in [7, 11) is 0. The Hall–Kier alpha value is -0.500. The van der Waals surface area contributed by atoms with Crippen molar-refractivity contribution in [2.45, 2.75) is 33.1 Å². The third-order valence-electron chi connectivity index (χ3n) is 1.68. The lowest BCUT2D eigenvalue weighted by Gasteiger charge is -2.04. The van der Waals surface area contributed by atoms with Gasteiger partial charge in [0, 0.05) is 10.9 Å². The van der Waals surface area contributed by atoms with Crippen LogP contribution in [0.2, 0.25) is 0 Å². The highest BCUT2D eigenvalue weighted by Crippen LogP contribution is 2.24. The fourth-order valence-corrected chi connectivity index (χ4v) is 1.91. The quantitative estimate of drug-likeness (QED) is 0.680. The molecule has 0 aliphatic carbocycles. The van der Waals surface area contributed by atoms with Gasteiger partial charge < -0.3 is 4.74 Å². The molecule has 0 aliphatic heterocycles. The standard InChI is InChI=1S/C10H16OS/c1-3-5-9-7-12-8-10(9)11-6-4-2/h7-8H,3-6H2,1-2H3. The Morgan fingerprint density at radius 2 is 2.08 bits per heavy atom. The highest BCUT2D eigenvalue weighted by Gasteiger charge is 2.02. The summed E-state index contributed by atoms with van der Waals surface area (Å²) in [5.74, 6) is 1.10. The minimum atomic E-state index is 0.841. The first-order chi connectivity index (χ1) is 5.88. The maximum Gasteiger partial charge on any atom is 0.133 e. The first kappa shape index (κ1) is 9.59. The molecule has 0 aromatic carbocycles. The van der Waals surface area contributed by atoms with Gasteiger partial charge in [-0.05, 0) is 18.2 Å². The Balaban J connectivity index is 2.51. The van der Waals surface area contributed by atoms with Gasteiger partial charge in [0.25, 0.3) is 0 Å². The molecule has 0 saturated heterocycles. The largest absolute Gasteiger partial charge is 0.492 e. The third kappa shape index (κ3) is 2.52. The lowest BCUT2D eigenvalue weighted by molar-refractivity contribution is 0.315. The van der Waals surface area contributed by atoms with E-state index in [1.165, 1.54) is 12.0 Å². The van der Waals surface area contributed by atoms with Gasteiger partial charge in [-0.15, -0.1) is 11.3 Å². The molecule has 0 atom stereocenters. The Morgan fingerprint density at radius 1 is 1.25 bits per heavy atom. The lowest BCUT2D eigenvalue weighted by Crippen LogP contribution is -1.96. The van der Waals surface area contributed by atoms with Crippen LogP contribution < -0.4 is 4.74 Å². The van der Waals surface area contributed by atoms with Crippen LogP contribution in [0.4, 0.5) is 0 Å². The maximum atomic E-state index is 5.59. The normalized spacial score (nSPS) is 10.2. The average molecular weight is 184 g/mol. The van der Waals surface area contributed by atoms with E-state index in [9.17, 15) is 0 Å². The van der Waals surface area contributed by atoms with Gasteiger partial charge in [0.05, 0.1) is 6.61 Å². The Kier molecular flexibility index (Phi) is 4.15. The second-order valence-corrected chi connectivity index (χ2v) is 3.60. The molecule has 1 aromatic rings. The first-order valence-corrected chi connectivity index (χ1v) is 5.50. The summed E-state index contributed by atoms with van der Waals surface area (Å²) in [6.45, 7) is 5.17. The van der Waals surface area contributed by atoms with E-state index in [0.717, 1.165) is 25.2 Å². The summed E-state index contributed by atoms with van der Waals surface area (Å²) in [6, 6.07) is 0. The topological polar surface area (TPSA) is 9.23 Å². The molecular weight excluding hydrogens is 168 g/mol. The molecule has 0 aliphatic rings. The second-order valence-electron chi connectivity index (χ2n) is 2.86. The van der Waals surface area contributed by atoms with E-state index >= 15 is 0 Å². The van der Waals surface area contributed by atoms with Crippen LogP contribution in [0.1, 0.15) is 32.3 Å². The lowest BCUT2D eigenvalue weighted by atomic mass is 10.2. The van der Waals surface area contributed by atoms with Gasteiger partial charge in [-0.25, -0.2) is 0 Å². The van der Waals surface area contributed by atoms with Crippen molar-refractivity contribution in [2.75, 3.05) is 6.61 Å².